The number of furan rings is 1. The van der Waals surface area contributed by atoms with Crippen LogP contribution in [-0.4, -0.2) is 0 Å². The maximum absolute atomic E-state index is 6.89. The molecule has 0 amide bonds. The second kappa shape index (κ2) is 12.5. The first-order valence-electron chi connectivity index (χ1n) is 21.2. The molecule has 0 N–H and O–H groups in total. The molecule has 0 unspecified atom stereocenters. The summed E-state index contributed by atoms with van der Waals surface area (Å²) in [4.78, 5) is 2.45. The second-order valence-corrected chi connectivity index (χ2v) is 17.2. The molecule has 9 aromatic carbocycles. The lowest BCUT2D eigenvalue weighted by Crippen LogP contribution is -2.32. The van der Waals surface area contributed by atoms with Crippen molar-refractivity contribution in [3.8, 4) is 44.9 Å². The summed E-state index contributed by atoms with van der Waals surface area (Å²) in [5, 5.41) is 2.17. The van der Waals surface area contributed by atoms with E-state index in [1.54, 1.807) is 0 Å². The van der Waals surface area contributed by atoms with Crippen molar-refractivity contribution >= 4 is 39.0 Å². The van der Waals surface area contributed by atoms with Crippen molar-refractivity contribution in [1.82, 2.24) is 0 Å². The fourth-order valence-corrected chi connectivity index (χ4v) is 11.2. The van der Waals surface area contributed by atoms with E-state index in [0.717, 1.165) is 61.6 Å². The van der Waals surface area contributed by atoms with Gasteiger partial charge in [-0.3, -0.25) is 0 Å². The van der Waals surface area contributed by atoms with Crippen LogP contribution in [0.1, 0.15) is 47.2 Å². The molecule has 0 bridgehead atoms. The standard InChI is InChI=1S/C58H39NO2/c1-57(2)48-34-37(30-32-42(48)43-22-14-21-39(56(43)57)36-16-4-3-5-17-36)59(50-26-15-29-54-55(50)44-20-8-12-27-51(44)60-54)38-31-33-53-49(35-38)58(47-25-11-13-28-52(47)61-53)45-23-9-6-18-40(45)41-19-7-10-24-46(41)58/h3-35H,1-2H3. The maximum atomic E-state index is 6.89. The van der Waals surface area contributed by atoms with Gasteiger partial charge in [-0.1, -0.05) is 159 Å². The molecule has 0 saturated heterocycles. The van der Waals surface area contributed by atoms with Crippen LogP contribution >= 0.6 is 0 Å². The zero-order valence-corrected chi connectivity index (χ0v) is 33.8. The van der Waals surface area contributed by atoms with Gasteiger partial charge in [-0.15, -0.1) is 0 Å². The summed E-state index contributed by atoms with van der Waals surface area (Å²) >= 11 is 0. The van der Waals surface area contributed by atoms with Gasteiger partial charge in [-0.2, -0.15) is 0 Å². The van der Waals surface area contributed by atoms with E-state index >= 15 is 0 Å². The Morgan fingerprint density at radius 1 is 0.410 bits per heavy atom. The zero-order valence-electron chi connectivity index (χ0n) is 33.8. The Kier molecular flexibility index (Phi) is 6.99. The summed E-state index contributed by atoms with van der Waals surface area (Å²) in [6.07, 6.45) is 0. The van der Waals surface area contributed by atoms with E-state index in [-0.39, 0.29) is 5.41 Å². The molecule has 10 aromatic rings. The molecule has 2 heterocycles. The fraction of sp³-hybridized carbons (Fsp3) is 0.0690. The first-order chi connectivity index (χ1) is 30.0. The molecule has 1 aliphatic heterocycles. The Morgan fingerprint density at radius 3 is 1.79 bits per heavy atom. The lowest BCUT2D eigenvalue weighted by molar-refractivity contribution is 0.436. The van der Waals surface area contributed by atoms with Gasteiger partial charge in [-0.05, 0) is 110 Å². The summed E-state index contributed by atoms with van der Waals surface area (Å²) in [5.74, 6) is 1.75. The molecule has 2 aliphatic carbocycles. The van der Waals surface area contributed by atoms with E-state index in [1.165, 1.54) is 55.6 Å². The second-order valence-electron chi connectivity index (χ2n) is 17.2. The number of hydrogen-bond donors (Lipinski definition) is 0. The molecule has 0 fully saturated rings. The highest BCUT2D eigenvalue weighted by atomic mass is 16.5. The summed E-state index contributed by atoms with van der Waals surface area (Å²) in [6, 6.07) is 72.8. The zero-order chi connectivity index (χ0) is 40.5. The van der Waals surface area contributed by atoms with Crippen LogP contribution in [0.15, 0.2) is 205 Å². The van der Waals surface area contributed by atoms with Crippen molar-refractivity contribution in [1.29, 1.82) is 0 Å². The predicted molar refractivity (Wildman–Crippen MR) is 249 cm³/mol. The Morgan fingerprint density at radius 2 is 0.984 bits per heavy atom. The summed E-state index contributed by atoms with van der Waals surface area (Å²) in [5.41, 5.74) is 19.2. The van der Waals surface area contributed by atoms with Crippen LogP contribution in [0.5, 0.6) is 11.5 Å². The molecule has 288 valence electrons. The van der Waals surface area contributed by atoms with Crippen molar-refractivity contribution < 1.29 is 9.15 Å². The molecule has 3 aliphatic rings. The van der Waals surface area contributed by atoms with E-state index in [9.17, 15) is 0 Å². The van der Waals surface area contributed by atoms with Gasteiger partial charge in [0.1, 0.15) is 22.7 Å². The SMILES string of the molecule is CC1(C)c2cc(N(c3ccc4c(c3)C3(c5ccccc5O4)c4ccccc4-c4ccccc43)c3cccc4oc5ccccc5c34)ccc2-c2cccc(-c3ccccc3)c21. The first-order valence-corrected chi connectivity index (χ1v) is 21.2. The van der Waals surface area contributed by atoms with Gasteiger partial charge in [0, 0.05) is 33.3 Å². The number of anilines is 3. The van der Waals surface area contributed by atoms with E-state index in [4.69, 9.17) is 9.15 Å². The van der Waals surface area contributed by atoms with Gasteiger partial charge in [0.25, 0.3) is 0 Å². The Bertz CT molecular complexity index is 3400. The summed E-state index contributed by atoms with van der Waals surface area (Å²) < 4.78 is 13.5. The molecule has 0 saturated carbocycles. The molecule has 0 radical (unpaired) electrons. The molecule has 61 heavy (non-hydrogen) atoms. The van der Waals surface area contributed by atoms with Gasteiger partial charge >= 0.3 is 0 Å². The summed E-state index contributed by atoms with van der Waals surface area (Å²) in [6.45, 7) is 4.77. The van der Waals surface area contributed by atoms with Crippen LogP contribution in [0.25, 0.3) is 55.3 Å². The van der Waals surface area contributed by atoms with Gasteiger partial charge in [0.05, 0.1) is 16.5 Å². The largest absolute Gasteiger partial charge is 0.457 e. The van der Waals surface area contributed by atoms with Crippen LogP contribution in [0.2, 0.25) is 0 Å². The normalized spacial score (nSPS) is 14.5. The molecule has 0 atom stereocenters. The Labute approximate surface area is 354 Å². The smallest absolute Gasteiger partial charge is 0.137 e. The van der Waals surface area contributed by atoms with E-state index < -0.39 is 5.41 Å². The molecular formula is C58H39NO2. The third-order valence-corrected chi connectivity index (χ3v) is 13.7. The highest BCUT2D eigenvalue weighted by Crippen LogP contribution is 2.63. The number of nitrogens with zero attached hydrogens (tertiary/aromatic N) is 1. The Hall–Kier alpha value is -7.62. The van der Waals surface area contributed by atoms with E-state index in [2.05, 4.69) is 213 Å². The minimum absolute atomic E-state index is 0.262. The molecule has 1 spiro atoms. The van der Waals surface area contributed by atoms with Gasteiger partial charge in [0.15, 0.2) is 0 Å². The average Bonchev–Trinajstić information content (AvgIpc) is 3.91. The van der Waals surface area contributed by atoms with Crippen molar-refractivity contribution in [2.75, 3.05) is 4.90 Å². The summed E-state index contributed by atoms with van der Waals surface area (Å²) in [7, 11) is 0. The van der Waals surface area contributed by atoms with Gasteiger partial charge < -0.3 is 14.1 Å². The molecule has 3 heteroatoms. The lowest BCUT2D eigenvalue weighted by Gasteiger charge is -2.40. The number of ether oxygens (including phenoxy) is 1. The molecule has 13 rings (SSSR count). The fourth-order valence-electron chi connectivity index (χ4n) is 11.2. The quantitative estimate of drug-likeness (QED) is 0.178. The minimum Gasteiger partial charge on any atom is -0.457 e. The van der Waals surface area contributed by atoms with Crippen molar-refractivity contribution in [3.63, 3.8) is 0 Å². The lowest BCUT2D eigenvalue weighted by atomic mass is 9.66. The topological polar surface area (TPSA) is 25.6 Å². The van der Waals surface area contributed by atoms with Crippen LogP contribution < -0.4 is 9.64 Å². The number of hydrogen-bond acceptors (Lipinski definition) is 3. The highest BCUT2D eigenvalue weighted by Gasteiger charge is 2.51. The Balaban J connectivity index is 1.08. The monoisotopic (exact) mass is 781 g/mol. The van der Waals surface area contributed by atoms with Crippen LogP contribution in [-0.2, 0) is 10.8 Å². The van der Waals surface area contributed by atoms with Crippen LogP contribution in [0, 0.1) is 0 Å². The van der Waals surface area contributed by atoms with Gasteiger partial charge in [0.2, 0.25) is 0 Å². The number of fused-ring (bicyclic) bond motifs is 15. The van der Waals surface area contributed by atoms with Gasteiger partial charge in [-0.25, -0.2) is 0 Å². The third kappa shape index (κ3) is 4.58. The third-order valence-electron chi connectivity index (χ3n) is 13.7. The molecular weight excluding hydrogens is 743 g/mol. The van der Waals surface area contributed by atoms with E-state index in [1.807, 2.05) is 6.07 Å². The molecule has 3 nitrogen and oxygen atoms in total. The van der Waals surface area contributed by atoms with Crippen LogP contribution in [0.4, 0.5) is 17.1 Å². The maximum Gasteiger partial charge on any atom is 0.137 e. The predicted octanol–water partition coefficient (Wildman–Crippen LogP) is 15.5. The number of benzene rings is 9. The van der Waals surface area contributed by atoms with Crippen molar-refractivity contribution in [3.05, 3.63) is 234 Å². The highest BCUT2D eigenvalue weighted by molar-refractivity contribution is 6.13. The van der Waals surface area contributed by atoms with Crippen LogP contribution in [0.3, 0.4) is 0 Å². The van der Waals surface area contributed by atoms with Crippen molar-refractivity contribution in [2.45, 2.75) is 24.7 Å². The van der Waals surface area contributed by atoms with E-state index in [0.29, 0.717) is 0 Å². The minimum atomic E-state index is -0.594. The molecule has 1 aromatic heterocycles. The average molecular weight is 782 g/mol. The number of para-hydroxylation sites is 2. The van der Waals surface area contributed by atoms with Crippen molar-refractivity contribution in [2.24, 2.45) is 0 Å². The number of rotatable bonds is 4. The first kappa shape index (κ1) is 34.3.